The first-order chi connectivity index (χ1) is 20.0. The molecule has 1 N–H and O–H groups in total. The van der Waals surface area contributed by atoms with E-state index in [1.165, 1.54) is 4.90 Å². The molecule has 0 bridgehead atoms. The summed E-state index contributed by atoms with van der Waals surface area (Å²) in [5.41, 5.74) is 2.60. The molecule has 1 fully saturated rings. The normalized spacial score (nSPS) is 14.7. The number of hydrogen-bond acceptors (Lipinski definition) is 4. The van der Waals surface area contributed by atoms with Crippen molar-refractivity contribution in [2.45, 2.75) is 64.1 Å². The zero-order chi connectivity index (χ0) is 30.3. The van der Waals surface area contributed by atoms with Crippen LogP contribution < -0.4 is 9.62 Å². The van der Waals surface area contributed by atoms with Gasteiger partial charge < -0.3 is 10.2 Å². The second kappa shape index (κ2) is 14.5. The molecule has 7 nitrogen and oxygen atoms in total. The maximum atomic E-state index is 14.3. The average molecular weight is 675 g/mol. The smallest absolute Gasteiger partial charge is 0.244 e. The van der Waals surface area contributed by atoms with Gasteiger partial charge in [0.2, 0.25) is 21.8 Å². The minimum atomic E-state index is -3.87. The van der Waals surface area contributed by atoms with Crippen molar-refractivity contribution in [3.05, 3.63) is 99.0 Å². The molecular weight excluding hydrogens is 638 g/mol. The number of carbonyl (C=O) groups is 2. The fraction of sp³-hybridized carbons (Fsp3) is 0.375. The van der Waals surface area contributed by atoms with E-state index >= 15 is 0 Å². The van der Waals surface area contributed by atoms with Crippen LogP contribution in [0.5, 0.6) is 0 Å². The lowest BCUT2D eigenvalue weighted by Gasteiger charge is -2.35. The Balaban J connectivity index is 1.73. The van der Waals surface area contributed by atoms with Gasteiger partial charge >= 0.3 is 0 Å². The third kappa shape index (κ3) is 8.58. The topological polar surface area (TPSA) is 86.8 Å². The summed E-state index contributed by atoms with van der Waals surface area (Å²) in [5, 5.41) is 3.61. The van der Waals surface area contributed by atoms with Gasteiger partial charge in [0.1, 0.15) is 12.6 Å². The van der Waals surface area contributed by atoms with Gasteiger partial charge in [-0.25, -0.2) is 8.42 Å². The van der Waals surface area contributed by atoms with E-state index < -0.39 is 28.5 Å². The predicted molar refractivity (Wildman–Crippen MR) is 172 cm³/mol. The van der Waals surface area contributed by atoms with Crippen molar-refractivity contribution in [2.75, 3.05) is 17.1 Å². The van der Waals surface area contributed by atoms with Crippen LogP contribution in [0.1, 0.15) is 48.8 Å². The first kappa shape index (κ1) is 32.0. The Labute approximate surface area is 262 Å². The SMILES string of the molecule is Cc1c(Cl)cccc1N(CC(=O)N(Cc1ccc(Br)cc1)C(Cc1ccccc1)C(=O)NC1CCCCC1)S(C)(=O)=O. The third-order valence-electron chi connectivity index (χ3n) is 7.68. The van der Waals surface area contributed by atoms with Gasteiger partial charge in [-0.15, -0.1) is 0 Å². The van der Waals surface area contributed by atoms with Crippen LogP contribution in [-0.2, 0) is 32.6 Å². The third-order valence-corrected chi connectivity index (χ3v) is 9.74. The van der Waals surface area contributed by atoms with E-state index in [-0.39, 0.29) is 24.9 Å². The average Bonchev–Trinajstić information content (AvgIpc) is 2.96. The fourth-order valence-corrected chi connectivity index (χ4v) is 6.68. The molecule has 1 saturated carbocycles. The molecule has 1 atom stereocenters. The van der Waals surface area contributed by atoms with E-state index in [2.05, 4.69) is 21.2 Å². The Hall–Kier alpha value is -2.88. The molecule has 1 aliphatic rings. The molecule has 3 aromatic carbocycles. The number of rotatable bonds is 11. The van der Waals surface area contributed by atoms with Gasteiger partial charge in [0.25, 0.3) is 0 Å². The lowest BCUT2D eigenvalue weighted by Crippen LogP contribution is -2.55. The van der Waals surface area contributed by atoms with Crippen molar-refractivity contribution in [3.8, 4) is 0 Å². The van der Waals surface area contributed by atoms with Crippen molar-refractivity contribution < 1.29 is 18.0 Å². The summed E-state index contributed by atoms with van der Waals surface area (Å²) >= 11 is 9.78. The van der Waals surface area contributed by atoms with Crippen LogP contribution in [0.2, 0.25) is 5.02 Å². The van der Waals surface area contributed by atoms with Gasteiger partial charge in [-0.3, -0.25) is 13.9 Å². The van der Waals surface area contributed by atoms with Crippen LogP contribution in [0.3, 0.4) is 0 Å². The Morgan fingerprint density at radius 2 is 1.62 bits per heavy atom. The summed E-state index contributed by atoms with van der Waals surface area (Å²) in [4.78, 5) is 29.8. The number of anilines is 1. The number of amides is 2. The van der Waals surface area contributed by atoms with Crippen LogP contribution in [-0.4, -0.2) is 50.0 Å². The number of carbonyl (C=O) groups excluding carboxylic acids is 2. The highest BCUT2D eigenvalue weighted by molar-refractivity contribution is 9.10. The second-order valence-corrected chi connectivity index (χ2v) is 14.1. The zero-order valence-electron chi connectivity index (χ0n) is 23.9. The standard InChI is InChI=1S/C32H37BrClN3O4S/c1-23-28(34)14-9-15-29(23)37(42(2,40)41)22-31(38)36(21-25-16-18-26(33)19-17-25)30(20-24-10-5-3-6-11-24)32(39)35-27-12-7-4-8-13-27/h3,5-6,9-11,14-19,27,30H,4,7-8,12-13,20-22H2,1-2H3,(H,35,39). The molecule has 4 rings (SSSR count). The summed E-state index contributed by atoms with van der Waals surface area (Å²) < 4.78 is 28.0. The molecule has 0 aromatic heterocycles. The summed E-state index contributed by atoms with van der Waals surface area (Å²) in [7, 11) is -3.87. The summed E-state index contributed by atoms with van der Waals surface area (Å²) in [6, 6.07) is 21.3. The molecule has 0 saturated heterocycles. The van der Waals surface area contributed by atoms with Crippen LogP contribution >= 0.6 is 27.5 Å². The van der Waals surface area contributed by atoms with Gasteiger partial charge in [0.15, 0.2) is 0 Å². The first-order valence-corrected chi connectivity index (χ1v) is 17.2. The Morgan fingerprint density at radius 1 is 0.952 bits per heavy atom. The fourth-order valence-electron chi connectivity index (χ4n) is 5.35. The second-order valence-electron chi connectivity index (χ2n) is 10.9. The summed E-state index contributed by atoms with van der Waals surface area (Å²) in [6.07, 6.45) is 6.42. The Kier molecular flexibility index (Phi) is 11.1. The number of nitrogens with zero attached hydrogens (tertiary/aromatic N) is 2. The number of nitrogens with one attached hydrogen (secondary N) is 1. The lowest BCUT2D eigenvalue weighted by atomic mass is 9.94. The van der Waals surface area contributed by atoms with E-state index in [1.54, 1.807) is 25.1 Å². The molecule has 2 amide bonds. The largest absolute Gasteiger partial charge is 0.352 e. The molecule has 3 aromatic rings. The van der Waals surface area contributed by atoms with Crippen molar-refractivity contribution in [3.63, 3.8) is 0 Å². The van der Waals surface area contributed by atoms with Crippen molar-refractivity contribution in [1.29, 1.82) is 0 Å². The zero-order valence-corrected chi connectivity index (χ0v) is 27.1. The number of sulfonamides is 1. The molecule has 0 aliphatic heterocycles. The Morgan fingerprint density at radius 3 is 2.26 bits per heavy atom. The van der Waals surface area contributed by atoms with Gasteiger partial charge in [-0.2, -0.15) is 0 Å². The molecule has 1 unspecified atom stereocenters. The lowest BCUT2D eigenvalue weighted by molar-refractivity contribution is -0.140. The molecule has 1 aliphatic carbocycles. The van der Waals surface area contributed by atoms with E-state index in [4.69, 9.17) is 11.6 Å². The van der Waals surface area contributed by atoms with Gasteiger partial charge in [0, 0.05) is 28.5 Å². The van der Waals surface area contributed by atoms with Crippen molar-refractivity contribution in [1.82, 2.24) is 10.2 Å². The van der Waals surface area contributed by atoms with Crippen LogP contribution in [0.4, 0.5) is 5.69 Å². The minimum absolute atomic E-state index is 0.0517. The highest BCUT2D eigenvalue weighted by atomic mass is 79.9. The number of halogens is 2. The molecule has 0 radical (unpaired) electrons. The maximum Gasteiger partial charge on any atom is 0.244 e. The van der Waals surface area contributed by atoms with E-state index in [1.807, 2.05) is 54.6 Å². The van der Waals surface area contributed by atoms with Gasteiger partial charge in [-0.1, -0.05) is 95.3 Å². The highest BCUT2D eigenvalue weighted by Gasteiger charge is 2.34. The van der Waals surface area contributed by atoms with Crippen LogP contribution in [0.15, 0.2) is 77.3 Å². The highest BCUT2D eigenvalue weighted by Crippen LogP contribution is 2.29. The van der Waals surface area contributed by atoms with Gasteiger partial charge in [0.05, 0.1) is 11.9 Å². The molecular formula is C32H37BrClN3O4S. The molecule has 0 heterocycles. The molecule has 0 spiro atoms. The monoisotopic (exact) mass is 673 g/mol. The number of hydrogen-bond donors (Lipinski definition) is 1. The molecule has 10 heteroatoms. The van der Waals surface area contributed by atoms with E-state index in [0.717, 1.165) is 58.3 Å². The van der Waals surface area contributed by atoms with E-state index in [0.29, 0.717) is 16.3 Å². The maximum absolute atomic E-state index is 14.3. The van der Waals surface area contributed by atoms with Crippen LogP contribution in [0.25, 0.3) is 0 Å². The van der Waals surface area contributed by atoms with Crippen LogP contribution in [0, 0.1) is 6.92 Å². The quantitative estimate of drug-likeness (QED) is 0.260. The summed E-state index contributed by atoms with van der Waals surface area (Å²) in [6.45, 7) is 1.38. The van der Waals surface area contributed by atoms with E-state index in [9.17, 15) is 18.0 Å². The van der Waals surface area contributed by atoms with Crippen molar-refractivity contribution in [2.24, 2.45) is 0 Å². The molecule has 224 valence electrons. The summed E-state index contributed by atoms with van der Waals surface area (Å²) in [5.74, 6) is -0.719. The first-order valence-electron chi connectivity index (χ1n) is 14.1. The number of benzene rings is 3. The van der Waals surface area contributed by atoms with Crippen molar-refractivity contribution >= 4 is 55.1 Å². The predicted octanol–water partition coefficient (Wildman–Crippen LogP) is 6.27. The van der Waals surface area contributed by atoms with Gasteiger partial charge in [-0.05, 0) is 60.7 Å². The molecule has 42 heavy (non-hydrogen) atoms. The minimum Gasteiger partial charge on any atom is -0.352 e. The Bertz CT molecular complexity index is 1480.